The number of esters is 4. The molecule has 15 heteroatoms. The van der Waals surface area contributed by atoms with Gasteiger partial charge >= 0.3 is 23.9 Å². The first-order valence-electron chi connectivity index (χ1n) is 17.0. The molecule has 51 heavy (non-hydrogen) atoms. The lowest BCUT2D eigenvalue weighted by molar-refractivity contribution is -0.144. The molecule has 2 saturated carbocycles. The molecule has 0 radical (unpaired) electrons. The fraction of sp³-hybridized carbons (Fsp3) is 0.500. The van der Waals surface area contributed by atoms with Gasteiger partial charge in [-0.15, -0.1) is 0 Å². The summed E-state index contributed by atoms with van der Waals surface area (Å²) in [5, 5.41) is 7.90. The summed E-state index contributed by atoms with van der Waals surface area (Å²) >= 11 is 0. The molecule has 2 aliphatic carbocycles. The topological polar surface area (TPSA) is 167 Å². The zero-order valence-corrected chi connectivity index (χ0v) is 29.6. The van der Waals surface area contributed by atoms with Crippen molar-refractivity contribution in [1.82, 2.24) is 10.0 Å². The number of rotatable bonds is 17. The lowest BCUT2D eigenvalue weighted by Gasteiger charge is -2.20. The van der Waals surface area contributed by atoms with Gasteiger partial charge in [0, 0.05) is 36.3 Å². The lowest BCUT2D eigenvalue weighted by Crippen LogP contribution is -2.35. The number of nitrogens with two attached hydrogens (primary N) is 1. The molecule has 0 aromatic heterocycles. The van der Waals surface area contributed by atoms with Crippen molar-refractivity contribution in [2.24, 2.45) is 10.9 Å². The zero-order valence-electron chi connectivity index (χ0n) is 29.6. The minimum atomic E-state index is -0.917. The highest BCUT2D eigenvalue weighted by atomic mass is 19.1. The van der Waals surface area contributed by atoms with Crippen LogP contribution >= 0.6 is 0 Å². The third-order valence-electron chi connectivity index (χ3n) is 7.10. The Bertz CT molecular complexity index is 1450. The maximum atomic E-state index is 13.2. The normalized spacial score (nSPS) is 13.5. The van der Waals surface area contributed by atoms with Crippen LogP contribution in [0.2, 0.25) is 0 Å². The van der Waals surface area contributed by atoms with Gasteiger partial charge in [-0.05, 0) is 102 Å². The van der Waals surface area contributed by atoms with Crippen LogP contribution in [-0.4, -0.2) is 97.0 Å². The van der Waals surface area contributed by atoms with E-state index in [1.54, 1.807) is 37.7 Å². The summed E-state index contributed by atoms with van der Waals surface area (Å²) in [4.78, 5) is 57.0. The van der Waals surface area contributed by atoms with E-state index in [4.69, 9.17) is 20.1 Å². The Hall–Kier alpha value is -4.76. The first-order chi connectivity index (χ1) is 24.4. The molecular weight excluding hydrogens is 670 g/mol. The van der Waals surface area contributed by atoms with Crippen LogP contribution < -0.4 is 5.84 Å². The summed E-state index contributed by atoms with van der Waals surface area (Å²) in [5.41, 5.74) is 0.712. The molecule has 0 bridgehead atoms. The summed E-state index contributed by atoms with van der Waals surface area (Å²) in [6.45, 7) is 8.98. The molecule has 0 atom stereocenters. The first kappa shape index (κ1) is 42.4. The van der Waals surface area contributed by atoms with Crippen LogP contribution in [-0.2, 0) is 38.1 Å². The highest BCUT2D eigenvalue weighted by Gasteiger charge is 2.30. The van der Waals surface area contributed by atoms with Crippen molar-refractivity contribution in [3.8, 4) is 0 Å². The fourth-order valence-electron chi connectivity index (χ4n) is 4.24. The number of hydrazine groups is 1. The molecule has 0 heterocycles. The van der Waals surface area contributed by atoms with Gasteiger partial charge < -0.3 is 18.9 Å². The van der Waals surface area contributed by atoms with Crippen molar-refractivity contribution in [3.63, 3.8) is 0 Å². The average molecular weight is 719 g/mol. The van der Waals surface area contributed by atoms with Crippen molar-refractivity contribution in [3.05, 3.63) is 71.3 Å². The Balaban J connectivity index is 0.000000292. The molecule has 280 valence electrons. The number of Topliss-reactive ketones (excluding diaryl/α,β-unsaturated/α-hetero) is 1. The number of hydrogen-bond acceptors (Lipinski definition) is 13. The number of halogens is 2. The van der Waals surface area contributed by atoms with Crippen LogP contribution in [0.3, 0.4) is 0 Å². The number of carbonyl (C=O) groups is 5. The molecule has 2 aromatic carbocycles. The van der Waals surface area contributed by atoms with Gasteiger partial charge in [0.15, 0.2) is 5.71 Å². The minimum absolute atomic E-state index is 0.109. The van der Waals surface area contributed by atoms with Gasteiger partial charge in [0.1, 0.15) is 11.6 Å². The predicted molar refractivity (Wildman–Crippen MR) is 183 cm³/mol. The summed E-state index contributed by atoms with van der Waals surface area (Å²) in [5.74, 6) is 2.09. The summed E-state index contributed by atoms with van der Waals surface area (Å²) in [7, 11) is 0. The highest BCUT2D eigenvalue weighted by molar-refractivity contribution is 6.43. The van der Waals surface area contributed by atoms with Crippen LogP contribution in [0.1, 0.15) is 82.1 Å². The standard InChI is InChI=1S/C18H23FN2O4.C10H9FO3.C8H16N2O2/c1-3-24-16(22)11-12-21(15-9-10-15)20-17(18(23)25-4-2)13-5-7-14(19)8-6-13;1-2-14-10(13)9(12)7-3-5-8(11)6-4-7;1-2-12-8(11)5-6-10(9)7-3-4-7/h5-8,15H,3-4,9-12H2,1-2H3;3-6H,2H2,1H3;7H,2-6,9H2,1H3/b20-17-;;. The number of hydrazone groups is 1. The van der Waals surface area contributed by atoms with E-state index in [9.17, 15) is 32.8 Å². The molecule has 0 spiro atoms. The van der Waals surface area contributed by atoms with E-state index in [1.807, 2.05) is 0 Å². The average Bonchev–Trinajstić information content (AvgIpc) is 4.04. The number of nitrogens with zero attached hydrogens (tertiary/aromatic N) is 3. The fourth-order valence-corrected chi connectivity index (χ4v) is 4.24. The van der Waals surface area contributed by atoms with Gasteiger partial charge in [0.2, 0.25) is 0 Å². The zero-order chi connectivity index (χ0) is 37.8. The molecular formula is C36H48F2N4O9. The van der Waals surface area contributed by atoms with Crippen molar-refractivity contribution >= 4 is 35.4 Å². The van der Waals surface area contributed by atoms with E-state index in [0.29, 0.717) is 44.3 Å². The van der Waals surface area contributed by atoms with Gasteiger partial charge in [-0.25, -0.2) is 23.4 Å². The quantitative estimate of drug-likeness (QED) is 0.0468. The van der Waals surface area contributed by atoms with Crippen molar-refractivity contribution < 1.29 is 51.7 Å². The van der Waals surface area contributed by atoms with Crippen molar-refractivity contribution in [2.75, 3.05) is 39.5 Å². The van der Waals surface area contributed by atoms with Gasteiger partial charge in [0.05, 0.1) is 39.3 Å². The van der Waals surface area contributed by atoms with Crippen LogP contribution in [0.5, 0.6) is 0 Å². The van der Waals surface area contributed by atoms with Crippen molar-refractivity contribution in [1.29, 1.82) is 0 Å². The smallest absolute Gasteiger partial charge is 0.379 e. The Morgan fingerprint density at radius 2 is 1.08 bits per heavy atom. The second-order valence-corrected chi connectivity index (χ2v) is 11.2. The van der Waals surface area contributed by atoms with E-state index in [2.05, 4.69) is 9.84 Å². The van der Waals surface area contributed by atoms with Gasteiger partial charge in [-0.1, -0.05) is 0 Å². The molecule has 0 amide bonds. The third kappa shape index (κ3) is 16.7. The molecule has 2 N–H and O–H groups in total. The largest absolute Gasteiger partial charge is 0.466 e. The molecule has 4 rings (SSSR count). The highest BCUT2D eigenvalue weighted by Crippen LogP contribution is 2.28. The van der Waals surface area contributed by atoms with Gasteiger partial charge in [0.25, 0.3) is 5.78 Å². The van der Waals surface area contributed by atoms with E-state index in [0.717, 1.165) is 25.0 Å². The molecule has 0 saturated heterocycles. The summed E-state index contributed by atoms with van der Waals surface area (Å²) in [6, 6.07) is 10.9. The van der Waals surface area contributed by atoms with Crippen LogP contribution in [0.4, 0.5) is 8.78 Å². The molecule has 13 nitrogen and oxygen atoms in total. The van der Waals surface area contributed by atoms with E-state index in [-0.39, 0.29) is 48.9 Å². The number of hydrogen-bond donors (Lipinski definition) is 1. The van der Waals surface area contributed by atoms with Gasteiger partial charge in [-0.3, -0.25) is 25.2 Å². The minimum Gasteiger partial charge on any atom is -0.466 e. The van der Waals surface area contributed by atoms with E-state index >= 15 is 0 Å². The number of ketones is 1. The summed E-state index contributed by atoms with van der Waals surface area (Å²) < 4.78 is 44.9. The Labute approximate surface area is 297 Å². The first-order valence-corrected chi connectivity index (χ1v) is 17.0. The number of carbonyl (C=O) groups excluding carboxylic acids is 5. The number of ether oxygens (including phenoxy) is 4. The molecule has 2 aromatic rings. The van der Waals surface area contributed by atoms with Crippen LogP contribution in [0.15, 0.2) is 53.6 Å². The molecule has 0 aliphatic heterocycles. The monoisotopic (exact) mass is 718 g/mol. The molecule has 0 unspecified atom stereocenters. The predicted octanol–water partition coefficient (Wildman–Crippen LogP) is 4.36. The maximum absolute atomic E-state index is 13.2. The van der Waals surface area contributed by atoms with Gasteiger partial charge in [-0.2, -0.15) is 5.10 Å². The second-order valence-electron chi connectivity index (χ2n) is 11.2. The Kier molecular flexibility index (Phi) is 19.0. The molecule has 2 fully saturated rings. The van der Waals surface area contributed by atoms with Crippen molar-refractivity contribution in [2.45, 2.75) is 78.3 Å². The Morgan fingerprint density at radius 1 is 0.647 bits per heavy atom. The SMILES string of the molecule is CCOC(=O)C(=O)c1ccc(F)cc1.CCOC(=O)CCN(/N=C(\C(=O)OCC)c1ccc(F)cc1)C1CC1.CCOC(=O)CCN(N)C1CC1. The maximum Gasteiger partial charge on any atom is 0.379 e. The molecule has 2 aliphatic rings. The van der Waals surface area contributed by atoms with E-state index in [1.165, 1.54) is 49.2 Å². The van der Waals surface area contributed by atoms with Crippen LogP contribution in [0.25, 0.3) is 0 Å². The Morgan fingerprint density at radius 3 is 1.53 bits per heavy atom. The lowest BCUT2D eigenvalue weighted by atomic mass is 10.1. The van der Waals surface area contributed by atoms with Crippen LogP contribution in [0, 0.1) is 11.6 Å². The number of benzene rings is 2. The van der Waals surface area contributed by atoms with E-state index < -0.39 is 29.4 Å². The third-order valence-corrected chi connectivity index (χ3v) is 7.10. The second kappa shape index (κ2) is 22.9. The summed E-state index contributed by atoms with van der Waals surface area (Å²) in [6.07, 6.45) is 4.82.